The summed E-state index contributed by atoms with van der Waals surface area (Å²) in [4.78, 5) is 28.7. The third kappa shape index (κ3) is 3.06. The summed E-state index contributed by atoms with van der Waals surface area (Å²) in [5.74, 6) is 0.315. The van der Waals surface area contributed by atoms with Crippen LogP contribution < -0.4 is 10.1 Å². The van der Waals surface area contributed by atoms with Crippen molar-refractivity contribution < 1.29 is 14.3 Å². The summed E-state index contributed by atoms with van der Waals surface area (Å²) < 4.78 is 5.45. The molecule has 0 bridgehead atoms. The highest BCUT2D eigenvalue weighted by atomic mass is 35.5. The standard InChI is InChI=1S/C19H13ClN2O3/c20-18-6-2-11-9-12(1-4-15(11)22-18)19(24)21-13-3-5-17-14(10-13)16(23)7-8-25-17/h1-6,9-10H,7-8H2,(H,21,24). The minimum absolute atomic E-state index is 0.0195. The number of carbonyl (C=O) groups is 2. The number of hydrogen-bond acceptors (Lipinski definition) is 4. The van der Waals surface area contributed by atoms with Gasteiger partial charge in [-0.3, -0.25) is 9.59 Å². The Morgan fingerprint density at radius 3 is 2.88 bits per heavy atom. The van der Waals surface area contributed by atoms with Gasteiger partial charge in [0.2, 0.25) is 0 Å². The van der Waals surface area contributed by atoms with Crippen molar-refractivity contribution in [3.05, 3.63) is 64.8 Å². The molecule has 2 heterocycles. The molecule has 1 aliphatic heterocycles. The van der Waals surface area contributed by atoms with E-state index >= 15 is 0 Å². The van der Waals surface area contributed by atoms with Crippen LogP contribution in [0.5, 0.6) is 5.75 Å². The SMILES string of the molecule is O=C(Nc1ccc2c(c1)C(=O)CCO2)c1ccc2nc(Cl)ccc2c1. The molecule has 0 fully saturated rings. The first kappa shape index (κ1) is 15.6. The predicted molar refractivity (Wildman–Crippen MR) is 95.6 cm³/mol. The third-order valence-corrected chi connectivity index (χ3v) is 4.25. The number of pyridine rings is 1. The number of Topliss-reactive ketones (excluding diaryl/α,β-unsaturated/α-hetero) is 1. The molecule has 25 heavy (non-hydrogen) atoms. The van der Waals surface area contributed by atoms with Gasteiger partial charge in [-0.15, -0.1) is 0 Å². The number of amides is 1. The molecule has 3 aromatic rings. The van der Waals surface area contributed by atoms with Gasteiger partial charge in [-0.2, -0.15) is 0 Å². The molecular formula is C19H13ClN2O3. The van der Waals surface area contributed by atoms with Gasteiger partial charge in [-0.05, 0) is 48.5 Å². The lowest BCUT2D eigenvalue weighted by Gasteiger charge is -2.17. The van der Waals surface area contributed by atoms with Crippen molar-refractivity contribution in [1.82, 2.24) is 4.98 Å². The molecule has 4 rings (SSSR count). The lowest BCUT2D eigenvalue weighted by Crippen LogP contribution is -2.17. The van der Waals surface area contributed by atoms with E-state index in [1.807, 2.05) is 6.07 Å². The first-order valence-electron chi connectivity index (χ1n) is 7.78. The molecule has 0 saturated carbocycles. The number of ketones is 1. The second-order valence-electron chi connectivity index (χ2n) is 5.73. The van der Waals surface area contributed by atoms with E-state index in [1.165, 1.54) is 0 Å². The van der Waals surface area contributed by atoms with Gasteiger partial charge in [0.05, 0.1) is 17.7 Å². The van der Waals surface area contributed by atoms with Crippen molar-refractivity contribution in [2.24, 2.45) is 0 Å². The highest BCUT2D eigenvalue weighted by Gasteiger charge is 2.19. The van der Waals surface area contributed by atoms with E-state index in [4.69, 9.17) is 16.3 Å². The lowest BCUT2D eigenvalue weighted by atomic mass is 10.0. The fraction of sp³-hybridized carbons (Fsp3) is 0.105. The van der Waals surface area contributed by atoms with Crippen LogP contribution in [0.2, 0.25) is 5.15 Å². The maximum atomic E-state index is 12.5. The minimum atomic E-state index is -0.263. The monoisotopic (exact) mass is 352 g/mol. The molecule has 0 radical (unpaired) electrons. The number of aromatic nitrogens is 1. The molecule has 5 nitrogen and oxygen atoms in total. The van der Waals surface area contributed by atoms with Crippen molar-refractivity contribution in [2.45, 2.75) is 6.42 Å². The molecule has 0 saturated heterocycles. The quantitative estimate of drug-likeness (QED) is 0.705. The van der Waals surface area contributed by atoms with Crippen LogP contribution in [0.25, 0.3) is 10.9 Å². The Hall–Kier alpha value is -2.92. The zero-order valence-corrected chi connectivity index (χ0v) is 13.8. The average molecular weight is 353 g/mol. The number of nitrogens with one attached hydrogen (secondary N) is 1. The minimum Gasteiger partial charge on any atom is -0.492 e. The van der Waals surface area contributed by atoms with E-state index in [2.05, 4.69) is 10.3 Å². The number of fused-ring (bicyclic) bond motifs is 2. The largest absolute Gasteiger partial charge is 0.492 e. The van der Waals surface area contributed by atoms with E-state index < -0.39 is 0 Å². The highest BCUT2D eigenvalue weighted by molar-refractivity contribution is 6.29. The van der Waals surface area contributed by atoms with E-state index in [-0.39, 0.29) is 11.7 Å². The summed E-state index contributed by atoms with van der Waals surface area (Å²) in [5.41, 5.74) is 2.27. The predicted octanol–water partition coefficient (Wildman–Crippen LogP) is 4.11. The Balaban J connectivity index is 1.61. The summed E-state index contributed by atoms with van der Waals surface area (Å²) in [6.07, 6.45) is 0.352. The van der Waals surface area contributed by atoms with Gasteiger partial charge in [0, 0.05) is 23.1 Å². The molecule has 1 N–H and O–H groups in total. The van der Waals surface area contributed by atoms with Gasteiger partial charge in [0.15, 0.2) is 5.78 Å². The van der Waals surface area contributed by atoms with Crippen molar-refractivity contribution >= 4 is 39.9 Å². The zero-order valence-electron chi connectivity index (χ0n) is 13.1. The van der Waals surface area contributed by atoms with Crippen LogP contribution in [-0.2, 0) is 0 Å². The molecule has 6 heteroatoms. The Labute approximate surface area is 148 Å². The van der Waals surface area contributed by atoms with Crippen LogP contribution >= 0.6 is 11.6 Å². The Morgan fingerprint density at radius 2 is 2.00 bits per heavy atom. The van der Waals surface area contributed by atoms with Gasteiger partial charge in [0.25, 0.3) is 5.91 Å². The van der Waals surface area contributed by atoms with Crippen LogP contribution in [-0.4, -0.2) is 23.3 Å². The first-order chi connectivity index (χ1) is 12.1. The fourth-order valence-electron chi connectivity index (χ4n) is 2.79. The molecule has 1 amide bonds. The van der Waals surface area contributed by atoms with Crippen molar-refractivity contribution in [2.75, 3.05) is 11.9 Å². The molecule has 0 aliphatic carbocycles. The van der Waals surface area contributed by atoms with Crippen LogP contribution in [0.15, 0.2) is 48.5 Å². The molecule has 1 aliphatic rings. The van der Waals surface area contributed by atoms with Crippen LogP contribution in [0.4, 0.5) is 5.69 Å². The Morgan fingerprint density at radius 1 is 1.12 bits per heavy atom. The van der Waals surface area contributed by atoms with Crippen molar-refractivity contribution in [3.63, 3.8) is 0 Å². The Kier molecular flexibility index (Phi) is 3.86. The molecule has 2 aromatic carbocycles. The van der Waals surface area contributed by atoms with Crippen LogP contribution in [0.1, 0.15) is 27.1 Å². The number of ether oxygens (including phenoxy) is 1. The smallest absolute Gasteiger partial charge is 0.255 e. The number of benzene rings is 2. The van der Waals surface area contributed by atoms with Crippen LogP contribution in [0.3, 0.4) is 0 Å². The number of halogens is 1. The number of rotatable bonds is 2. The molecule has 0 unspecified atom stereocenters. The van der Waals surface area contributed by atoms with Crippen molar-refractivity contribution in [3.8, 4) is 5.75 Å². The maximum Gasteiger partial charge on any atom is 0.255 e. The second-order valence-corrected chi connectivity index (χ2v) is 6.12. The summed E-state index contributed by atoms with van der Waals surface area (Å²) >= 11 is 5.87. The van der Waals surface area contributed by atoms with Crippen molar-refractivity contribution in [1.29, 1.82) is 0 Å². The van der Waals surface area contributed by atoms with Crippen LogP contribution in [0, 0.1) is 0 Å². The topological polar surface area (TPSA) is 68.3 Å². The molecule has 0 atom stereocenters. The molecule has 124 valence electrons. The second kappa shape index (κ2) is 6.18. The maximum absolute atomic E-state index is 12.5. The zero-order chi connectivity index (χ0) is 17.4. The number of nitrogens with zero attached hydrogens (tertiary/aromatic N) is 1. The van der Waals surface area contributed by atoms with Gasteiger partial charge in [0.1, 0.15) is 10.9 Å². The summed E-state index contributed by atoms with van der Waals surface area (Å²) in [5, 5.41) is 4.04. The highest BCUT2D eigenvalue weighted by Crippen LogP contribution is 2.28. The summed E-state index contributed by atoms with van der Waals surface area (Å²) in [6, 6.07) is 13.8. The van der Waals surface area contributed by atoms with E-state index in [0.29, 0.717) is 40.7 Å². The van der Waals surface area contributed by atoms with Gasteiger partial charge in [-0.1, -0.05) is 11.6 Å². The fourth-order valence-corrected chi connectivity index (χ4v) is 2.94. The summed E-state index contributed by atoms with van der Waals surface area (Å²) in [7, 11) is 0. The normalized spacial score (nSPS) is 13.2. The number of anilines is 1. The van der Waals surface area contributed by atoms with E-state index in [1.54, 1.807) is 42.5 Å². The number of carbonyl (C=O) groups excluding carboxylic acids is 2. The molecule has 1 aromatic heterocycles. The van der Waals surface area contributed by atoms with Gasteiger partial charge < -0.3 is 10.1 Å². The molecule has 0 spiro atoms. The van der Waals surface area contributed by atoms with Gasteiger partial charge in [-0.25, -0.2) is 4.98 Å². The average Bonchev–Trinajstić information content (AvgIpc) is 2.62. The Bertz CT molecular complexity index is 1020. The third-order valence-electron chi connectivity index (χ3n) is 4.04. The van der Waals surface area contributed by atoms with Gasteiger partial charge >= 0.3 is 0 Å². The summed E-state index contributed by atoms with van der Waals surface area (Å²) in [6.45, 7) is 0.396. The lowest BCUT2D eigenvalue weighted by molar-refractivity contribution is 0.0932. The van der Waals surface area contributed by atoms with E-state index in [0.717, 1.165) is 10.9 Å². The number of hydrogen-bond donors (Lipinski definition) is 1. The first-order valence-corrected chi connectivity index (χ1v) is 8.16. The molecular weight excluding hydrogens is 340 g/mol. The van der Waals surface area contributed by atoms with E-state index in [9.17, 15) is 9.59 Å².